The van der Waals surface area contributed by atoms with Gasteiger partial charge < -0.3 is 20.7 Å². The van der Waals surface area contributed by atoms with Crippen molar-refractivity contribution >= 4 is 23.0 Å². The predicted molar refractivity (Wildman–Crippen MR) is 130 cm³/mol. The van der Waals surface area contributed by atoms with Gasteiger partial charge in [0.2, 0.25) is 0 Å². The molecule has 0 radical (unpaired) electrons. The molecule has 0 unspecified atom stereocenters. The topological polar surface area (TPSA) is 132 Å². The van der Waals surface area contributed by atoms with Crippen molar-refractivity contribution in [1.29, 1.82) is 0 Å². The number of aromatic carboxylic acids is 1. The summed E-state index contributed by atoms with van der Waals surface area (Å²) in [6.45, 7) is 0.976. The largest absolute Gasteiger partial charge is 0.478 e. The monoisotopic (exact) mass is 457 g/mol. The van der Waals surface area contributed by atoms with Crippen molar-refractivity contribution in [3.63, 3.8) is 0 Å². The van der Waals surface area contributed by atoms with E-state index >= 15 is 0 Å². The second kappa shape index (κ2) is 9.56. The average Bonchev–Trinajstić information content (AvgIpc) is 3.53. The Hall–Kier alpha value is -3.85. The molecule has 0 atom stereocenters. The van der Waals surface area contributed by atoms with E-state index in [-0.39, 0.29) is 5.56 Å². The molecule has 174 valence electrons. The summed E-state index contributed by atoms with van der Waals surface area (Å²) in [7, 11) is 0. The van der Waals surface area contributed by atoms with Crippen LogP contribution in [0.5, 0.6) is 0 Å². The molecule has 4 aromatic rings. The zero-order valence-corrected chi connectivity index (χ0v) is 18.8. The van der Waals surface area contributed by atoms with Gasteiger partial charge in [-0.1, -0.05) is 37.1 Å². The molecule has 1 saturated carbocycles. The SMILES string of the molecule is NCCc1nc(NCc2ccc(-c3ccccc3C(=O)O)nc2)c2ncn(C3CCCC3)c2n1. The summed E-state index contributed by atoms with van der Waals surface area (Å²) in [5.41, 5.74) is 9.77. The molecule has 4 N–H and O–H groups in total. The fourth-order valence-electron chi connectivity index (χ4n) is 4.54. The van der Waals surface area contributed by atoms with Gasteiger partial charge in [0.15, 0.2) is 11.5 Å². The Bertz CT molecular complexity index is 1310. The van der Waals surface area contributed by atoms with Crippen LogP contribution in [0.15, 0.2) is 48.9 Å². The number of fused-ring (bicyclic) bond motifs is 1. The molecule has 0 spiro atoms. The molecule has 1 aliphatic rings. The number of carbonyl (C=O) groups is 1. The van der Waals surface area contributed by atoms with Gasteiger partial charge in [0.05, 0.1) is 17.6 Å². The van der Waals surface area contributed by atoms with E-state index in [2.05, 4.69) is 24.8 Å². The summed E-state index contributed by atoms with van der Waals surface area (Å²) in [5.74, 6) is 0.419. The average molecular weight is 458 g/mol. The molecular formula is C25H27N7O2. The zero-order chi connectivity index (χ0) is 23.5. The number of rotatable bonds is 8. The third-order valence-electron chi connectivity index (χ3n) is 6.27. The number of pyridine rings is 1. The number of hydrogen-bond donors (Lipinski definition) is 3. The Kier molecular flexibility index (Phi) is 6.18. The molecule has 34 heavy (non-hydrogen) atoms. The van der Waals surface area contributed by atoms with Crippen LogP contribution in [-0.2, 0) is 13.0 Å². The summed E-state index contributed by atoms with van der Waals surface area (Å²) in [4.78, 5) is 30.1. The molecule has 9 nitrogen and oxygen atoms in total. The summed E-state index contributed by atoms with van der Waals surface area (Å²) in [5, 5.41) is 12.8. The number of aromatic nitrogens is 5. The Labute approximate surface area is 197 Å². The molecule has 1 aromatic carbocycles. The molecule has 3 heterocycles. The number of carboxylic acid groups (broad SMARTS) is 1. The van der Waals surface area contributed by atoms with Crippen LogP contribution in [0.25, 0.3) is 22.4 Å². The number of nitrogens with zero attached hydrogens (tertiary/aromatic N) is 5. The van der Waals surface area contributed by atoms with Crippen molar-refractivity contribution < 1.29 is 9.90 Å². The third-order valence-corrected chi connectivity index (χ3v) is 6.27. The highest BCUT2D eigenvalue weighted by Crippen LogP contribution is 2.32. The van der Waals surface area contributed by atoms with Crippen LogP contribution in [0.4, 0.5) is 5.82 Å². The molecule has 0 saturated heterocycles. The van der Waals surface area contributed by atoms with E-state index in [1.807, 2.05) is 24.5 Å². The summed E-state index contributed by atoms with van der Waals surface area (Å²) >= 11 is 0. The molecule has 9 heteroatoms. The predicted octanol–water partition coefficient (Wildman–Crippen LogP) is 3.81. The smallest absolute Gasteiger partial charge is 0.336 e. The van der Waals surface area contributed by atoms with Gasteiger partial charge in [-0.15, -0.1) is 0 Å². The third kappa shape index (κ3) is 4.34. The minimum Gasteiger partial charge on any atom is -0.478 e. The summed E-state index contributed by atoms with van der Waals surface area (Å²) < 4.78 is 2.19. The van der Waals surface area contributed by atoms with Crippen LogP contribution >= 0.6 is 0 Å². The highest BCUT2D eigenvalue weighted by atomic mass is 16.4. The van der Waals surface area contributed by atoms with Crippen LogP contribution in [0, 0.1) is 0 Å². The second-order valence-electron chi connectivity index (χ2n) is 8.55. The number of nitrogens with two attached hydrogens (primary N) is 1. The van der Waals surface area contributed by atoms with E-state index in [0.717, 1.165) is 29.6 Å². The molecule has 0 aliphatic heterocycles. The minimum absolute atomic E-state index is 0.231. The van der Waals surface area contributed by atoms with E-state index < -0.39 is 5.97 Å². The number of carboxylic acids is 1. The van der Waals surface area contributed by atoms with Gasteiger partial charge in [-0.05, 0) is 37.1 Å². The molecule has 0 bridgehead atoms. The number of imidazole rings is 1. The summed E-state index contributed by atoms with van der Waals surface area (Å²) in [6, 6.07) is 11.1. The van der Waals surface area contributed by atoms with E-state index in [4.69, 9.17) is 10.7 Å². The van der Waals surface area contributed by atoms with Crippen LogP contribution in [0.3, 0.4) is 0 Å². The number of nitrogens with one attached hydrogen (secondary N) is 1. The Morgan fingerprint density at radius 1 is 1.12 bits per heavy atom. The highest BCUT2D eigenvalue weighted by molar-refractivity contribution is 5.95. The van der Waals surface area contributed by atoms with Crippen molar-refractivity contribution in [2.75, 3.05) is 11.9 Å². The lowest BCUT2D eigenvalue weighted by molar-refractivity contribution is 0.0697. The van der Waals surface area contributed by atoms with E-state index in [1.54, 1.807) is 24.4 Å². The summed E-state index contributed by atoms with van der Waals surface area (Å²) in [6.07, 6.45) is 8.98. The zero-order valence-electron chi connectivity index (χ0n) is 18.8. The van der Waals surface area contributed by atoms with Crippen LogP contribution < -0.4 is 11.1 Å². The Balaban J connectivity index is 1.39. The first-order valence-corrected chi connectivity index (χ1v) is 11.6. The maximum Gasteiger partial charge on any atom is 0.336 e. The van der Waals surface area contributed by atoms with Crippen molar-refractivity contribution in [2.45, 2.75) is 44.7 Å². The van der Waals surface area contributed by atoms with E-state index in [1.165, 1.54) is 12.8 Å². The minimum atomic E-state index is -0.971. The van der Waals surface area contributed by atoms with Gasteiger partial charge >= 0.3 is 5.97 Å². The molecule has 1 aliphatic carbocycles. The molecule has 5 rings (SSSR count). The van der Waals surface area contributed by atoms with Gasteiger partial charge in [-0.3, -0.25) is 4.98 Å². The lowest BCUT2D eigenvalue weighted by atomic mass is 10.0. The normalized spacial score (nSPS) is 14.0. The lowest BCUT2D eigenvalue weighted by Gasteiger charge is -2.13. The van der Waals surface area contributed by atoms with E-state index in [9.17, 15) is 9.90 Å². The first-order chi connectivity index (χ1) is 16.6. The fourth-order valence-corrected chi connectivity index (χ4v) is 4.54. The number of hydrogen-bond acceptors (Lipinski definition) is 7. The van der Waals surface area contributed by atoms with Crippen molar-refractivity contribution in [3.05, 3.63) is 65.9 Å². The Morgan fingerprint density at radius 2 is 1.94 bits per heavy atom. The standard InChI is InChI=1S/C25H27N7O2/c26-12-11-21-30-23(22-24(31-21)32(15-29-22)17-5-1-2-6-17)28-14-16-9-10-20(27-13-16)18-7-3-4-8-19(18)25(33)34/h3-4,7-10,13,15,17H,1-2,5-6,11-12,14,26H2,(H,33,34)(H,28,30,31). The highest BCUT2D eigenvalue weighted by Gasteiger charge is 2.21. The van der Waals surface area contributed by atoms with Crippen molar-refractivity contribution in [2.24, 2.45) is 5.73 Å². The lowest BCUT2D eigenvalue weighted by Crippen LogP contribution is -2.11. The molecular weight excluding hydrogens is 430 g/mol. The molecule has 3 aromatic heterocycles. The molecule has 0 amide bonds. The maximum absolute atomic E-state index is 11.5. The van der Waals surface area contributed by atoms with Crippen LogP contribution in [-0.4, -0.2) is 42.1 Å². The van der Waals surface area contributed by atoms with Crippen molar-refractivity contribution in [1.82, 2.24) is 24.5 Å². The Morgan fingerprint density at radius 3 is 2.68 bits per heavy atom. The number of anilines is 1. The number of benzene rings is 1. The quantitative estimate of drug-likeness (QED) is 0.364. The molecule has 1 fully saturated rings. The van der Waals surface area contributed by atoms with Gasteiger partial charge in [-0.25, -0.2) is 19.7 Å². The first-order valence-electron chi connectivity index (χ1n) is 11.6. The van der Waals surface area contributed by atoms with Gasteiger partial charge in [0.1, 0.15) is 11.3 Å². The van der Waals surface area contributed by atoms with Crippen molar-refractivity contribution in [3.8, 4) is 11.3 Å². The van der Waals surface area contributed by atoms with Gasteiger partial charge in [-0.2, -0.15) is 0 Å². The fraction of sp³-hybridized carbons (Fsp3) is 0.320. The maximum atomic E-state index is 11.5. The van der Waals surface area contributed by atoms with Crippen LogP contribution in [0.1, 0.15) is 53.5 Å². The first kappa shape index (κ1) is 22.0. The van der Waals surface area contributed by atoms with Crippen LogP contribution in [0.2, 0.25) is 0 Å². The van der Waals surface area contributed by atoms with Gasteiger partial charge in [0.25, 0.3) is 0 Å². The van der Waals surface area contributed by atoms with Gasteiger partial charge in [0, 0.05) is 30.8 Å². The van der Waals surface area contributed by atoms with E-state index in [0.29, 0.717) is 48.5 Å². The second-order valence-corrected chi connectivity index (χ2v) is 8.55.